The Morgan fingerprint density at radius 3 is 2.14 bits per heavy atom. The minimum atomic E-state index is -4.08. The molecule has 4 nitrogen and oxygen atoms in total. The van der Waals surface area contributed by atoms with E-state index in [-0.39, 0.29) is 5.69 Å². The Balaban J connectivity index is 2.27. The Morgan fingerprint density at radius 1 is 0.893 bits per heavy atom. The molecule has 0 aliphatic carbocycles. The normalized spacial score (nSPS) is 12.0. The summed E-state index contributed by atoms with van der Waals surface area (Å²) in [6, 6.07) is 4.01. The van der Waals surface area contributed by atoms with Crippen molar-refractivity contribution in [2.75, 3.05) is 6.26 Å². The lowest BCUT2D eigenvalue weighted by Gasteiger charge is -2.10. The van der Waals surface area contributed by atoms with Crippen molar-refractivity contribution in [3.05, 3.63) is 65.4 Å². The highest BCUT2D eigenvalue weighted by atomic mass is 32.2. The minimum absolute atomic E-state index is 0.229. The van der Waals surface area contributed by atoms with Crippen LogP contribution in [0.5, 0.6) is 0 Å². The van der Waals surface area contributed by atoms with Crippen molar-refractivity contribution in [1.82, 2.24) is 9.78 Å². The van der Waals surface area contributed by atoms with Crippen molar-refractivity contribution in [2.45, 2.75) is 11.3 Å². The summed E-state index contributed by atoms with van der Waals surface area (Å²) in [4.78, 5) is -0.915. The second-order valence-electron chi connectivity index (χ2n) is 5.80. The molecule has 0 N–H and O–H groups in total. The number of alkyl halides is 2. The van der Waals surface area contributed by atoms with E-state index in [0.717, 1.165) is 12.1 Å². The predicted molar refractivity (Wildman–Crippen MR) is 86.9 cm³/mol. The lowest BCUT2D eigenvalue weighted by molar-refractivity contribution is 0.145. The van der Waals surface area contributed by atoms with E-state index in [9.17, 15) is 34.8 Å². The van der Waals surface area contributed by atoms with Crippen LogP contribution < -0.4 is 0 Å². The summed E-state index contributed by atoms with van der Waals surface area (Å²) >= 11 is 0. The molecule has 11 heteroatoms. The van der Waals surface area contributed by atoms with Crippen LogP contribution in [0.4, 0.5) is 26.3 Å². The molecule has 1 heterocycles. The molecule has 0 fully saturated rings. The largest absolute Gasteiger partial charge is 0.282 e. The summed E-state index contributed by atoms with van der Waals surface area (Å²) in [5.74, 6) is -5.06. The Labute approximate surface area is 155 Å². The zero-order valence-corrected chi connectivity index (χ0v) is 14.7. The Kier molecular flexibility index (Phi) is 4.96. The number of halogens is 6. The summed E-state index contributed by atoms with van der Waals surface area (Å²) in [7, 11) is -4.08. The third-order valence-corrected chi connectivity index (χ3v) is 4.91. The van der Waals surface area contributed by atoms with Crippen LogP contribution in [0.3, 0.4) is 0 Å². The van der Waals surface area contributed by atoms with Gasteiger partial charge in [0, 0.05) is 17.9 Å². The molecule has 0 bridgehead atoms. The Bertz CT molecular complexity index is 1170. The van der Waals surface area contributed by atoms with E-state index in [0.29, 0.717) is 35.2 Å². The van der Waals surface area contributed by atoms with E-state index in [4.69, 9.17) is 0 Å². The first kappa shape index (κ1) is 19.9. The maximum atomic E-state index is 14.5. The zero-order valence-electron chi connectivity index (χ0n) is 13.9. The van der Waals surface area contributed by atoms with Gasteiger partial charge in [0.2, 0.25) is 0 Å². The first-order valence-electron chi connectivity index (χ1n) is 7.52. The molecule has 0 aliphatic heterocycles. The van der Waals surface area contributed by atoms with Crippen LogP contribution >= 0.6 is 0 Å². The summed E-state index contributed by atoms with van der Waals surface area (Å²) < 4.78 is 105. The number of aromatic nitrogens is 2. The quantitative estimate of drug-likeness (QED) is 0.587. The van der Waals surface area contributed by atoms with E-state index in [1.165, 1.54) is 0 Å². The first-order chi connectivity index (χ1) is 13.0. The van der Waals surface area contributed by atoms with Gasteiger partial charge in [-0.3, -0.25) is 0 Å². The number of benzene rings is 2. The molecule has 2 aromatic carbocycles. The fourth-order valence-corrected chi connectivity index (χ4v) is 3.25. The van der Waals surface area contributed by atoms with Gasteiger partial charge in [-0.05, 0) is 30.3 Å². The van der Waals surface area contributed by atoms with E-state index < -0.39 is 61.4 Å². The van der Waals surface area contributed by atoms with Gasteiger partial charge in [0.1, 0.15) is 22.2 Å². The van der Waals surface area contributed by atoms with Crippen molar-refractivity contribution < 1.29 is 34.8 Å². The topological polar surface area (TPSA) is 52.0 Å². The van der Waals surface area contributed by atoms with Crippen molar-refractivity contribution in [3.8, 4) is 16.9 Å². The second-order valence-corrected chi connectivity index (χ2v) is 7.78. The van der Waals surface area contributed by atoms with Crippen molar-refractivity contribution in [3.63, 3.8) is 0 Å². The SMILES string of the molecule is CS(=O)(=O)c1cc(F)c(-c2cc(C(F)F)nn2-c2ccc(F)c(F)c2)cc1F. The van der Waals surface area contributed by atoms with E-state index in [2.05, 4.69) is 5.10 Å². The maximum absolute atomic E-state index is 14.5. The second kappa shape index (κ2) is 6.97. The van der Waals surface area contributed by atoms with Crippen molar-refractivity contribution >= 4 is 9.84 Å². The smallest absolute Gasteiger partial charge is 0.232 e. The van der Waals surface area contributed by atoms with Crippen molar-refractivity contribution in [1.29, 1.82) is 0 Å². The fraction of sp³-hybridized carbons (Fsp3) is 0.118. The number of sulfone groups is 1. The molecule has 3 rings (SSSR count). The monoisotopic (exact) mass is 420 g/mol. The average Bonchev–Trinajstić information content (AvgIpc) is 3.03. The highest BCUT2D eigenvalue weighted by Gasteiger charge is 2.24. The number of nitrogens with zero attached hydrogens (tertiary/aromatic N) is 2. The van der Waals surface area contributed by atoms with Gasteiger partial charge in [-0.2, -0.15) is 5.10 Å². The minimum Gasteiger partial charge on any atom is -0.232 e. The highest BCUT2D eigenvalue weighted by Crippen LogP contribution is 2.32. The molecular formula is C17H10F6N2O2S. The maximum Gasteiger partial charge on any atom is 0.282 e. The third kappa shape index (κ3) is 3.61. The Morgan fingerprint density at radius 2 is 1.57 bits per heavy atom. The molecule has 0 atom stereocenters. The molecule has 0 aliphatic rings. The van der Waals surface area contributed by atoms with Gasteiger partial charge < -0.3 is 0 Å². The van der Waals surface area contributed by atoms with Crippen molar-refractivity contribution in [2.24, 2.45) is 0 Å². The molecule has 0 unspecified atom stereocenters. The number of hydrogen-bond acceptors (Lipinski definition) is 3. The summed E-state index contributed by atoms with van der Waals surface area (Å²) in [5.41, 5.74) is -2.05. The average molecular weight is 420 g/mol. The molecule has 0 spiro atoms. The van der Waals surface area contributed by atoms with Gasteiger partial charge in [-0.25, -0.2) is 39.4 Å². The third-order valence-electron chi connectivity index (χ3n) is 3.80. The Hall–Kier alpha value is -2.82. The molecule has 0 amide bonds. The van der Waals surface area contributed by atoms with Crippen LogP contribution in [0.15, 0.2) is 41.3 Å². The first-order valence-corrected chi connectivity index (χ1v) is 9.41. The van der Waals surface area contributed by atoms with Gasteiger partial charge in [0.15, 0.2) is 21.5 Å². The zero-order chi connectivity index (χ0) is 20.8. The summed E-state index contributed by atoms with van der Waals surface area (Å²) in [6.07, 6.45) is -2.42. The molecule has 0 saturated heterocycles. The molecule has 0 saturated carbocycles. The molecule has 3 aromatic rings. The van der Waals surface area contributed by atoms with E-state index >= 15 is 0 Å². The number of rotatable bonds is 4. The van der Waals surface area contributed by atoms with Crippen LogP contribution in [0, 0.1) is 23.3 Å². The molecular weight excluding hydrogens is 410 g/mol. The predicted octanol–water partition coefficient (Wildman–Crippen LogP) is 4.44. The molecule has 0 radical (unpaired) electrons. The summed E-state index contributed by atoms with van der Waals surface area (Å²) in [5, 5.41) is 3.54. The van der Waals surface area contributed by atoms with Crippen LogP contribution in [0.2, 0.25) is 0 Å². The van der Waals surface area contributed by atoms with Crippen LogP contribution in [0.25, 0.3) is 16.9 Å². The number of hydrogen-bond donors (Lipinski definition) is 0. The van der Waals surface area contributed by atoms with Crippen LogP contribution in [0.1, 0.15) is 12.1 Å². The standard InChI is InChI=1S/C17H10F6N2O2S/c1-28(26,27)16-6-11(19)9(5-13(16)21)15-7-14(17(22)23)24-25(15)8-2-3-10(18)12(20)4-8/h2-7,17H,1H3. The lowest BCUT2D eigenvalue weighted by Crippen LogP contribution is -2.05. The van der Waals surface area contributed by atoms with Crippen LogP contribution in [-0.4, -0.2) is 24.5 Å². The molecule has 28 heavy (non-hydrogen) atoms. The van der Waals surface area contributed by atoms with Crippen LogP contribution in [-0.2, 0) is 9.84 Å². The van der Waals surface area contributed by atoms with Gasteiger partial charge in [0.05, 0.1) is 11.4 Å². The fourth-order valence-electron chi connectivity index (χ4n) is 2.52. The molecule has 1 aromatic heterocycles. The van der Waals surface area contributed by atoms with E-state index in [1.807, 2.05) is 0 Å². The lowest BCUT2D eigenvalue weighted by atomic mass is 10.1. The summed E-state index contributed by atoms with van der Waals surface area (Å²) in [6.45, 7) is 0. The van der Waals surface area contributed by atoms with Gasteiger partial charge in [0.25, 0.3) is 6.43 Å². The van der Waals surface area contributed by atoms with Gasteiger partial charge in [-0.1, -0.05) is 0 Å². The van der Waals surface area contributed by atoms with Gasteiger partial charge in [-0.15, -0.1) is 0 Å². The molecule has 148 valence electrons. The van der Waals surface area contributed by atoms with E-state index in [1.54, 1.807) is 0 Å². The highest BCUT2D eigenvalue weighted by molar-refractivity contribution is 7.90. The van der Waals surface area contributed by atoms with Gasteiger partial charge >= 0.3 is 0 Å².